The lowest BCUT2D eigenvalue weighted by atomic mass is 10.2. The van der Waals surface area contributed by atoms with Gasteiger partial charge in [0.1, 0.15) is 36.1 Å². The number of benzene rings is 2. The van der Waals surface area contributed by atoms with Gasteiger partial charge >= 0.3 is 0 Å². The zero-order valence-corrected chi connectivity index (χ0v) is 16.7. The number of rotatable bonds is 3. The fourth-order valence-electron chi connectivity index (χ4n) is 3.49. The predicted molar refractivity (Wildman–Crippen MR) is 112 cm³/mol. The van der Waals surface area contributed by atoms with Crippen LogP contribution in [-0.4, -0.2) is 28.7 Å². The lowest BCUT2D eigenvalue weighted by Crippen LogP contribution is -2.29. The summed E-state index contributed by atoms with van der Waals surface area (Å²) in [6, 6.07) is 9.80. The molecule has 5 rings (SSSR count). The van der Waals surface area contributed by atoms with E-state index in [0.717, 1.165) is 0 Å². The summed E-state index contributed by atoms with van der Waals surface area (Å²) in [7, 11) is 0. The third-order valence-electron chi connectivity index (χ3n) is 4.87. The van der Waals surface area contributed by atoms with E-state index in [9.17, 15) is 14.0 Å². The third kappa shape index (κ3) is 3.07. The largest absolute Gasteiger partial charge is 0.486 e. The number of nitrogens with one attached hydrogen (secondary N) is 1. The van der Waals surface area contributed by atoms with E-state index in [2.05, 4.69) is 10.3 Å². The summed E-state index contributed by atoms with van der Waals surface area (Å²) < 4.78 is 27.5. The lowest BCUT2D eigenvalue weighted by Gasteiger charge is -2.19. The molecule has 0 atom stereocenters. The molecule has 3 heterocycles. The number of thiophene rings is 1. The minimum atomic E-state index is -0.417. The van der Waals surface area contributed by atoms with Crippen LogP contribution in [-0.2, 0) is 11.3 Å². The van der Waals surface area contributed by atoms with Crippen LogP contribution in [0.4, 0.5) is 10.1 Å². The van der Waals surface area contributed by atoms with E-state index in [-0.39, 0.29) is 18.0 Å². The standard InChI is InChI=1S/C21H16FN3O4S/c1-11-23-19-18-13(22)3-2-4-16(18)30-20(19)21(27)25(11)10-17(26)24-12-5-6-14-15(9-12)29-8-7-28-14/h2-6,9H,7-8,10H2,1H3,(H,24,26). The molecule has 1 aliphatic rings. The molecular formula is C21H16FN3O4S. The van der Waals surface area contributed by atoms with Gasteiger partial charge in [-0.2, -0.15) is 0 Å². The zero-order valence-electron chi connectivity index (χ0n) is 15.9. The monoisotopic (exact) mass is 425 g/mol. The number of aromatic nitrogens is 2. The smallest absolute Gasteiger partial charge is 0.272 e. The van der Waals surface area contributed by atoms with Crippen molar-refractivity contribution < 1.29 is 18.7 Å². The van der Waals surface area contributed by atoms with Gasteiger partial charge in [0.15, 0.2) is 11.5 Å². The van der Waals surface area contributed by atoms with E-state index in [1.807, 2.05) is 0 Å². The predicted octanol–water partition coefficient (Wildman–Crippen LogP) is 3.47. The van der Waals surface area contributed by atoms with Gasteiger partial charge in [0.05, 0.1) is 10.9 Å². The molecule has 0 fully saturated rings. The average Bonchev–Trinajstić information content (AvgIpc) is 3.11. The SMILES string of the molecule is Cc1nc2c(sc3cccc(F)c32)c(=O)n1CC(=O)Nc1ccc2c(c1)OCCO2. The van der Waals surface area contributed by atoms with Gasteiger partial charge in [-0.05, 0) is 31.2 Å². The van der Waals surface area contributed by atoms with Crippen molar-refractivity contribution in [3.63, 3.8) is 0 Å². The van der Waals surface area contributed by atoms with Crippen LogP contribution >= 0.6 is 11.3 Å². The topological polar surface area (TPSA) is 82.5 Å². The number of aryl methyl sites for hydroxylation is 1. The Hall–Kier alpha value is -3.46. The minimum Gasteiger partial charge on any atom is -0.486 e. The first-order chi connectivity index (χ1) is 14.5. The number of hydrogen-bond donors (Lipinski definition) is 1. The van der Waals surface area contributed by atoms with Crippen LogP contribution in [0.2, 0.25) is 0 Å². The Labute approximate surface area is 173 Å². The minimum absolute atomic E-state index is 0.210. The highest BCUT2D eigenvalue weighted by Crippen LogP contribution is 2.33. The Morgan fingerprint density at radius 1 is 1.23 bits per heavy atom. The number of carbonyl (C=O) groups is 1. The second kappa shape index (κ2) is 7.10. The number of amides is 1. The van der Waals surface area contributed by atoms with Crippen molar-refractivity contribution in [2.24, 2.45) is 0 Å². The Bertz CT molecular complexity index is 1380. The summed E-state index contributed by atoms with van der Waals surface area (Å²) in [5.41, 5.74) is 0.502. The van der Waals surface area contributed by atoms with Gasteiger partial charge in [-0.25, -0.2) is 9.37 Å². The van der Waals surface area contributed by atoms with E-state index >= 15 is 0 Å². The molecule has 0 unspecified atom stereocenters. The number of halogens is 1. The maximum atomic E-state index is 14.3. The molecule has 0 aliphatic carbocycles. The van der Waals surface area contributed by atoms with Crippen LogP contribution in [0.25, 0.3) is 20.3 Å². The molecule has 0 saturated carbocycles. The number of nitrogens with zero attached hydrogens (tertiary/aromatic N) is 2. The summed E-state index contributed by atoms with van der Waals surface area (Å²) in [6.07, 6.45) is 0. The molecule has 2 aromatic carbocycles. The van der Waals surface area contributed by atoms with Crippen molar-refractivity contribution in [1.29, 1.82) is 0 Å². The molecule has 0 radical (unpaired) electrons. The number of hydrogen-bond acceptors (Lipinski definition) is 6. The number of carbonyl (C=O) groups excluding carboxylic acids is 1. The normalized spacial score (nSPS) is 13.0. The first kappa shape index (κ1) is 18.6. The highest BCUT2D eigenvalue weighted by Gasteiger charge is 2.18. The number of anilines is 1. The lowest BCUT2D eigenvalue weighted by molar-refractivity contribution is -0.116. The number of fused-ring (bicyclic) bond motifs is 4. The third-order valence-corrected chi connectivity index (χ3v) is 6.00. The van der Waals surface area contributed by atoms with E-state index in [4.69, 9.17) is 9.47 Å². The molecule has 4 aromatic rings. The molecule has 1 N–H and O–H groups in total. The Morgan fingerprint density at radius 2 is 2.03 bits per heavy atom. The Morgan fingerprint density at radius 3 is 2.87 bits per heavy atom. The fraction of sp³-hybridized carbons (Fsp3) is 0.190. The Kier molecular flexibility index (Phi) is 4.39. The van der Waals surface area contributed by atoms with Crippen molar-refractivity contribution in [2.45, 2.75) is 13.5 Å². The van der Waals surface area contributed by atoms with E-state index < -0.39 is 5.82 Å². The molecule has 0 saturated heterocycles. The van der Waals surface area contributed by atoms with Crippen LogP contribution in [0.1, 0.15) is 5.82 Å². The quantitative estimate of drug-likeness (QED) is 0.544. The van der Waals surface area contributed by atoms with Gasteiger partial charge in [0, 0.05) is 16.5 Å². The van der Waals surface area contributed by atoms with Gasteiger partial charge in [-0.3, -0.25) is 14.2 Å². The van der Waals surface area contributed by atoms with Crippen molar-refractivity contribution in [3.05, 3.63) is 58.4 Å². The van der Waals surface area contributed by atoms with Crippen LogP contribution in [0.3, 0.4) is 0 Å². The molecule has 2 aromatic heterocycles. The van der Waals surface area contributed by atoms with Crippen molar-refractivity contribution in [2.75, 3.05) is 18.5 Å². The molecule has 7 nitrogen and oxygen atoms in total. The maximum absolute atomic E-state index is 14.3. The van der Waals surface area contributed by atoms with Crippen LogP contribution < -0.4 is 20.3 Å². The summed E-state index contributed by atoms with van der Waals surface area (Å²) in [6.45, 7) is 2.35. The van der Waals surface area contributed by atoms with Gasteiger partial charge in [0.2, 0.25) is 5.91 Å². The second-order valence-corrected chi connectivity index (χ2v) is 7.90. The van der Waals surface area contributed by atoms with E-state index in [1.54, 1.807) is 37.3 Å². The van der Waals surface area contributed by atoms with Gasteiger partial charge in [-0.1, -0.05) is 6.07 Å². The summed E-state index contributed by atoms with van der Waals surface area (Å²) in [5, 5.41) is 3.10. The summed E-state index contributed by atoms with van der Waals surface area (Å²) in [4.78, 5) is 30.0. The molecule has 0 spiro atoms. The van der Waals surface area contributed by atoms with Crippen molar-refractivity contribution >= 4 is 43.2 Å². The van der Waals surface area contributed by atoms with Crippen LogP contribution in [0.15, 0.2) is 41.2 Å². The second-order valence-electron chi connectivity index (χ2n) is 6.85. The van der Waals surface area contributed by atoms with Gasteiger partial charge < -0.3 is 14.8 Å². The van der Waals surface area contributed by atoms with Crippen molar-refractivity contribution in [3.8, 4) is 11.5 Å². The molecule has 152 valence electrons. The fourth-order valence-corrected chi connectivity index (χ4v) is 4.59. The Balaban J connectivity index is 1.46. The highest BCUT2D eigenvalue weighted by atomic mass is 32.1. The molecule has 1 aliphatic heterocycles. The van der Waals surface area contributed by atoms with Gasteiger partial charge in [0.25, 0.3) is 5.56 Å². The zero-order chi connectivity index (χ0) is 20.8. The molecular weight excluding hydrogens is 409 g/mol. The molecule has 1 amide bonds. The highest BCUT2D eigenvalue weighted by molar-refractivity contribution is 7.25. The summed E-state index contributed by atoms with van der Waals surface area (Å²) >= 11 is 1.17. The van der Waals surface area contributed by atoms with Crippen LogP contribution in [0.5, 0.6) is 11.5 Å². The van der Waals surface area contributed by atoms with Crippen LogP contribution in [0, 0.1) is 12.7 Å². The van der Waals surface area contributed by atoms with Gasteiger partial charge in [-0.15, -0.1) is 11.3 Å². The molecule has 0 bridgehead atoms. The van der Waals surface area contributed by atoms with E-state index in [1.165, 1.54) is 22.0 Å². The first-order valence-corrected chi connectivity index (χ1v) is 10.1. The molecule has 30 heavy (non-hydrogen) atoms. The first-order valence-electron chi connectivity index (χ1n) is 9.29. The number of ether oxygens (including phenoxy) is 2. The van der Waals surface area contributed by atoms with Crippen molar-refractivity contribution in [1.82, 2.24) is 9.55 Å². The summed E-state index contributed by atoms with van der Waals surface area (Å²) in [5.74, 6) is 0.720. The van der Waals surface area contributed by atoms with E-state index in [0.29, 0.717) is 56.5 Å². The average molecular weight is 425 g/mol. The molecule has 9 heteroatoms. The maximum Gasteiger partial charge on any atom is 0.272 e.